The quantitative estimate of drug-likeness (QED) is 0.747. The standard InChI is InChI=1S/C14H20F3NS/c1-11-6-3-4-8-13(11)19-10-12(18-2)7-5-9-14(15,16)17/h3-4,6,8,12,18H,5,7,9-10H2,1-2H3. The van der Waals surface area contributed by atoms with Crippen molar-refractivity contribution in [3.05, 3.63) is 29.8 Å². The van der Waals surface area contributed by atoms with Crippen LogP contribution in [0.1, 0.15) is 24.8 Å². The summed E-state index contributed by atoms with van der Waals surface area (Å²) in [5.41, 5.74) is 1.21. The molecule has 5 heteroatoms. The van der Waals surface area contributed by atoms with E-state index in [1.165, 1.54) is 10.5 Å². The van der Waals surface area contributed by atoms with Crippen molar-refractivity contribution < 1.29 is 13.2 Å². The Labute approximate surface area is 117 Å². The van der Waals surface area contributed by atoms with E-state index in [0.717, 1.165) is 5.75 Å². The molecular weight excluding hydrogens is 271 g/mol. The lowest BCUT2D eigenvalue weighted by Crippen LogP contribution is -2.28. The first kappa shape index (κ1) is 16.4. The summed E-state index contributed by atoms with van der Waals surface area (Å²) in [4.78, 5) is 1.19. The fourth-order valence-electron chi connectivity index (χ4n) is 1.77. The van der Waals surface area contributed by atoms with Crippen molar-refractivity contribution in [3.63, 3.8) is 0 Å². The van der Waals surface area contributed by atoms with Gasteiger partial charge >= 0.3 is 6.18 Å². The Kier molecular flexibility index (Phi) is 6.72. The van der Waals surface area contributed by atoms with E-state index < -0.39 is 12.6 Å². The lowest BCUT2D eigenvalue weighted by molar-refractivity contribution is -0.135. The first-order chi connectivity index (χ1) is 8.92. The van der Waals surface area contributed by atoms with Gasteiger partial charge in [0.15, 0.2) is 0 Å². The van der Waals surface area contributed by atoms with Gasteiger partial charge in [0.2, 0.25) is 0 Å². The van der Waals surface area contributed by atoms with Crippen LogP contribution in [0.25, 0.3) is 0 Å². The van der Waals surface area contributed by atoms with Gasteiger partial charge in [0.1, 0.15) is 0 Å². The molecule has 0 fully saturated rings. The van der Waals surface area contributed by atoms with E-state index in [0.29, 0.717) is 6.42 Å². The summed E-state index contributed by atoms with van der Waals surface area (Å²) in [6.07, 6.45) is -4.00. The average Bonchev–Trinajstić information content (AvgIpc) is 2.34. The number of aryl methyl sites for hydroxylation is 1. The fraction of sp³-hybridized carbons (Fsp3) is 0.571. The van der Waals surface area contributed by atoms with Crippen LogP contribution in [0.2, 0.25) is 0 Å². The third-order valence-electron chi connectivity index (χ3n) is 2.95. The van der Waals surface area contributed by atoms with Crippen LogP contribution in [0.5, 0.6) is 0 Å². The predicted octanol–water partition coefficient (Wildman–Crippen LogP) is 4.41. The number of thioether (sulfide) groups is 1. The minimum atomic E-state index is -4.04. The van der Waals surface area contributed by atoms with E-state index in [-0.39, 0.29) is 12.5 Å². The fourth-order valence-corrected chi connectivity index (χ4v) is 2.95. The monoisotopic (exact) mass is 291 g/mol. The largest absolute Gasteiger partial charge is 0.389 e. The van der Waals surface area contributed by atoms with Crippen LogP contribution in [0.4, 0.5) is 13.2 Å². The SMILES string of the molecule is CNC(CCCC(F)(F)F)CSc1ccccc1C. The molecule has 0 amide bonds. The molecule has 0 spiro atoms. The molecule has 0 radical (unpaired) electrons. The zero-order valence-electron chi connectivity index (χ0n) is 11.3. The van der Waals surface area contributed by atoms with Crippen LogP contribution in [-0.4, -0.2) is 25.0 Å². The highest BCUT2D eigenvalue weighted by Gasteiger charge is 2.26. The Morgan fingerprint density at radius 1 is 1.26 bits per heavy atom. The number of hydrogen-bond donors (Lipinski definition) is 1. The van der Waals surface area contributed by atoms with Crippen molar-refractivity contribution in [2.45, 2.75) is 43.3 Å². The zero-order chi connectivity index (χ0) is 14.3. The van der Waals surface area contributed by atoms with Crippen molar-refractivity contribution in [1.29, 1.82) is 0 Å². The van der Waals surface area contributed by atoms with Crippen LogP contribution in [0, 0.1) is 6.92 Å². The Bertz CT molecular complexity index is 379. The highest BCUT2D eigenvalue weighted by atomic mass is 32.2. The van der Waals surface area contributed by atoms with Crippen molar-refractivity contribution in [1.82, 2.24) is 5.32 Å². The lowest BCUT2D eigenvalue weighted by Gasteiger charge is -2.16. The second-order valence-electron chi connectivity index (χ2n) is 4.57. The highest BCUT2D eigenvalue weighted by molar-refractivity contribution is 7.99. The molecule has 1 N–H and O–H groups in total. The molecule has 19 heavy (non-hydrogen) atoms. The molecule has 1 rings (SSSR count). The summed E-state index contributed by atoms with van der Waals surface area (Å²) < 4.78 is 36.3. The third-order valence-corrected chi connectivity index (χ3v) is 4.29. The van der Waals surface area contributed by atoms with Crippen molar-refractivity contribution >= 4 is 11.8 Å². The summed E-state index contributed by atoms with van der Waals surface area (Å²) in [5.74, 6) is 0.791. The van der Waals surface area contributed by atoms with Crippen LogP contribution < -0.4 is 5.32 Å². The number of nitrogens with one attached hydrogen (secondary N) is 1. The maximum Gasteiger partial charge on any atom is 0.389 e. The van der Waals surface area contributed by atoms with Crippen LogP contribution in [0.15, 0.2) is 29.2 Å². The Balaban J connectivity index is 2.35. The first-order valence-corrected chi connectivity index (χ1v) is 7.33. The second-order valence-corrected chi connectivity index (χ2v) is 5.63. The second kappa shape index (κ2) is 7.80. The zero-order valence-corrected chi connectivity index (χ0v) is 12.1. The first-order valence-electron chi connectivity index (χ1n) is 6.35. The minimum absolute atomic E-state index is 0.118. The van der Waals surface area contributed by atoms with E-state index in [2.05, 4.69) is 5.32 Å². The summed E-state index contributed by atoms with van der Waals surface area (Å²) in [7, 11) is 1.80. The topological polar surface area (TPSA) is 12.0 Å². The number of rotatable bonds is 7. The molecule has 0 saturated carbocycles. The van der Waals surface area contributed by atoms with Crippen molar-refractivity contribution in [3.8, 4) is 0 Å². The summed E-state index contributed by atoms with van der Waals surface area (Å²) >= 11 is 1.69. The van der Waals surface area contributed by atoms with E-state index in [1.807, 2.05) is 31.2 Å². The molecule has 1 nitrogen and oxygen atoms in total. The van der Waals surface area contributed by atoms with Gasteiger partial charge in [0.05, 0.1) is 0 Å². The van der Waals surface area contributed by atoms with Gasteiger partial charge in [-0.05, 0) is 38.4 Å². The molecule has 0 aromatic heterocycles. The molecule has 0 saturated heterocycles. The average molecular weight is 291 g/mol. The molecule has 1 aromatic rings. The van der Waals surface area contributed by atoms with E-state index in [9.17, 15) is 13.2 Å². The van der Waals surface area contributed by atoms with Gasteiger partial charge in [0, 0.05) is 23.1 Å². The van der Waals surface area contributed by atoms with Crippen molar-refractivity contribution in [2.24, 2.45) is 0 Å². The van der Waals surface area contributed by atoms with E-state index in [4.69, 9.17) is 0 Å². The molecule has 0 aliphatic rings. The minimum Gasteiger partial charge on any atom is -0.316 e. The molecule has 1 aromatic carbocycles. The normalized spacial score (nSPS) is 13.5. The van der Waals surface area contributed by atoms with Gasteiger partial charge < -0.3 is 5.32 Å². The van der Waals surface area contributed by atoms with E-state index in [1.54, 1.807) is 18.8 Å². The van der Waals surface area contributed by atoms with E-state index >= 15 is 0 Å². The molecule has 0 aliphatic carbocycles. The predicted molar refractivity (Wildman–Crippen MR) is 74.7 cm³/mol. The number of alkyl halides is 3. The summed E-state index contributed by atoms with van der Waals surface area (Å²) in [6.45, 7) is 2.04. The van der Waals surface area contributed by atoms with Gasteiger partial charge in [-0.25, -0.2) is 0 Å². The summed E-state index contributed by atoms with van der Waals surface area (Å²) in [5, 5.41) is 3.09. The Morgan fingerprint density at radius 2 is 1.95 bits per heavy atom. The van der Waals surface area contributed by atoms with Gasteiger partial charge in [-0.2, -0.15) is 13.2 Å². The maximum absolute atomic E-state index is 12.1. The summed E-state index contributed by atoms with van der Waals surface area (Å²) in [6, 6.07) is 8.17. The molecule has 0 aliphatic heterocycles. The highest BCUT2D eigenvalue weighted by Crippen LogP contribution is 2.25. The van der Waals surface area contributed by atoms with Crippen LogP contribution in [-0.2, 0) is 0 Å². The smallest absolute Gasteiger partial charge is 0.316 e. The number of hydrogen-bond acceptors (Lipinski definition) is 2. The van der Waals surface area contributed by atoms with Gasteiger partial charge in [-0.1, -0.05) is 18.2 Å². The lowest BCUT2D eigenvalue weighted by atomic mass is 10.1. The molecule has 108 valence electrons. The molecule has 1 atom stereocenters. The van der Waals surface area contributed by atoms with Gasteiger partial charge in [-0.3, -0.25) is 0 Å². The number of benzene rings is 1. The number of halogens is 3. The Hall–Kier alpha value is -0.680. The van der Waals surface area contributed by atoms with Crippen molar-refractivity contribution in [2.75, 3.05) is 12.8 Å². The molecular formula is C14H20F3NS. The maximum atomic E-state index is 12.1. The van der Waals surface area contributed by atoms with Crippen LogP contribution >= 0.6 is 11.8 Å². The molecule has 0 bridgehead atoms. The van der Waals surface area contributed by atoms with Gasteiger partial charge in [-0.15, -0.1) is 11.8 Å². The third kappa shape index (κ3) is 6.87. The molecule has 1 unspecified atom stereocenters. The Morgan fingerprint density at radius 3 is 2.53 bits per heavy atom. The van der Waals surface area contributed by atoms with Gasteiger partial charge in [0.25, 0.3) is 0 Å². The molecule has 0 heterocycles. The van der Waals surface area contributed by atoms with Crippen LogP contribution in [0.3, 0.4) is 0 Å².